The van der Waals surface area contributed by atoms with Crippen LogP contribution in [0.1, 0.15) is 31.9 Å². The molecule has 35 heavy (non-hydrogen) atoms. The van der Waals surface area contributed by atoms with Crippen LogP contribution in [-0.2, 0) is 24.2 Å². The summed E-state index contributed by atoms with van der Waals surface area (Å²) in [6.07, 6.45) is 1.57. The number of nitrogens with one attached hydrogen (secondary N) is 1. The van der Waals surface area contributed by atoms with Crippen molar-refractivity contribution < 1.29 is 24.4 Å². The van der Waals surface area contributed by atoms with Crippen LogP contribution in [-0.4, -0.2) is 78.2 Å². The lowest BCUT2D eigenvalue weighted by Crippen LogP contribution is -2.70. The number of carbonyl (C=O) groups is 2. The van der Waals surface area contributed by atoms with E-state index in [4.69, 9.17) is 4.74 Å². The number of imidazole rings is 1. The van der Waals surface area contributed by atoms with Crippen LogP contribution in [0, 0.1) is 10.1 Å². The number of anilines is 1. The van der Waals surface area contributed by atoms with Crippen LogP contribution >= 0.6 is 0 Å². The molecule has 5 rings (SSSR count). The lowest BCUT2D eigenvalue weighted by atomic mass is 9.88. The molecule has 2 aromatic rings. The lowest BCUT2D eigenvalue weighted by molar-refractivity contribution is -0.389. The molecule has 186 valence electrons. The van der Waals surface area contributed by atoms with E-state index < -0.39 is 28.1 Å². The molecule has 0 aliphatic carbocycles. The van der Waals surface area contributed by atoms with Crippen molar-refractivity contribution in [1.82, 2.24) is 19.4 Å². The second kappa shape index (κ2) is 7.94. The maximum absolute atomic E-state index is 13.2. The lowest BCUT2D eigenvalue weighted by Gasteiger charge is -2.51. The number of hydrogen-bond acceptors (Lipinski definition) is 8. The average Bonchev–Trinajstić information content (AvgIpc) is 3.46. The highest BCUT2D eigenvalue weighted by atomic mass is 16.6. The molecule has 0 spiro atoms. The van der Waals surface area contributed by atoms with E-state index in [1.165, 1.54) is 11.8 Å². The van der Waals surface area contributed by atoms with Crippen LogP contribution in [0.5, 0.6) is 6.01 Å². The van der Waals surface area contributed by atoms with Gasteiger partial charge in [-0.2, -0.15) is 0 Å². The number of carbonyl (C=O) groups excluding carboxylic acids is 1. The average molecular weight is 485 g/mol. The van der Waals surface area contributed by atoms with Crippen LogP contribution in [0.15, 0.2) is 24.4 Å². The van der Waals surface area contributed by atoms with Crippen LogP contribution in [0.4, 0.5) is 16.3 Å². The second-order valence-electron chi connectivity index (χ2n) is 10.2. The van der Waals surface area contributed by atoms with Gasteiger partial charge < -0.3 is 25.3 Å². The molecule has 2 N–H and O–H groups in total. The van der Waals surface area contributed by atoms with Gasteiger partial charge in [-0.15, -0.1) is 0 Å². The number of piperazine rings is 1. The molecule has 0 saturated carbocycles. The Morgan fingerprint density at radius 3 is 2.83 bits per heavy atom. The SMILES string of the molecule is CC1(CN2[C@@H](Cc3ccc4c(c3)CCN4)CN(C(=O)O)C(=O)C2(C)C)Cn2cc([N+](=O)[O-])nc2O1. The Morgan fingerprint density at radius 2 is 2.14 bits per heavy atom. The number of carboxylic acid groups (broad SMARTS) is 1. The Kier molecular flexibility index (Phi) is 5.24. The van der Waals surface area contributed by atoms with E-state index in [0.29, 0.717) is 19.5 Å². The van der Waals surface area contributed by atoms with Crippen LogP contribution in [0.3, 0.4) is 0 Å². The number of benzene rings is 1. The first-order chi connectivity index (χ1) is 16.5. The molecular formula is C23H28N6O6. The van der Waals surface area contributed by atoms with Crippen molar-refractivity contribution in [3.05, 3.63) is 45.6 Å². The van der Waals surface area contributed by atoms with Gasteiger partial charge in [0.2, 0.25) is 0 Å². The Bertz CT molecular complexity index is 1200. The fraction of sp³-hybridized carbons (Fsp3) is 0.522. The minimum absolute atomic E-state index is 0.0407. The monoisotopic (exact) mass is 484 g/mol. The van der Waals surface area contributed by atoms with Gasteiger partial charge in [0, 0.05) is 36.3 Å². The molecule has 4 heterocycles. The summed E-state index contributed by atoms with van der Waals surface area (Å²) < 4.78 is 7.65. The van der Waals surface area contributed by atoms with Gasteiger partial charge in [-0.1, -0.05) is 12.1 Å². The van der Waals surface area contributed by atoms with Crippen LogP contribution in [0.2, 0.25) is 0 Å². The van der Waals surface area contributed by atoms with Crippen molar-refractivity contribution in [1.29, 1.82) is 0 Å². The first-order valence-electron chi connectivity index (χ1n) is 11.5. The normalized spacial score (nSPS) is 25.1. The predicted molar refractivity (Wildman–Crippen MR) is 125 cm³/mol. The van der Waals surface area contributed by atoms with E-state index in [2.05, 4.69) is 16.4 Å². The van der Waals surface area contributed by atoms with Crippen molar-refractivity contribution in [2.24, 2.45) is 0 Å². The Hall–Kier alpha value is -3.67. The molecule has 2 amide bonds. The van der Waals surface area contributed by atoms with Crippen molar-refractivity contribution in [2.45, 2.75) is 57.3 Å². The van der Waals surface area contributed by atoms with Crippen molar-refractivity contribution >= 4 is 23.5 Å². The molecule has 1 aromatic heterocycles. The topological polar surface area (TPSA) is 143 Å². The molecule has 12 nitrogen and oxygen atoms in total. The molecule has 3 aliphatic rings. The second-order valence-corrected chi connectivity index (χ2v) is 10.2. The van der Waals surface area contributed by atoms with E-state index in [-0.39, 0.29) is 24.4 Å². The third-order valence-corrected chi connectivity index (χ3v) is 7.16. The van der Waals surface area contributed by atoms with E-state index in [1.54, 1.807) is 18.4 Å². The zero-order valence-corrected chi connectivity index (χ0v) is 19.9. The molecule has 2 atom stereocenters. The van der Waals surface area contributed by atoms with E-state index >= 15 is 0 Å². The summed E-state index contributed by atoms with van der Waals surface area (Å²) in [5.74, 6) is -0.772. The third-order valence-electron chi connectivity index (χ3n) is 7.16. The maximum Gasteiger partial charge on any atom is 0.415 e. The molecule has 1 saturated heterocycles. The number of ether oxygens (including phenoxy) is 1. The number of nitro groups is 1. The molecule has 1 aromatic carbocycles. The zero-order valence-electron chi connectivity index (χ0n) is 19.9. The summed E-state index contributed by atoms with van der Waals surface area (Å²) in [5, 5.41) is 24.1. The standard InChI is InChI=1S/C23H28N6O6/c1-22(2)19(30)27(21(31)32)10-16(9-14-4-5-17-15(8-14)6-7-24-17)28(22)13-23(3)12-26-11-18(29(33)34)25-20(26)35-23/h4-5,8,11,16,24H,6-7,9-10,12-13H2,1-3H3,(H,31,32)/t16-,23?/m0/s1. The first-order valence-corrected chi connectivity index (χ1v) is 11.5. The number of fused-ring (bicyclic) bond motifs is 2. The number of rotatable bonds is 5. The molecule has 1 unspecified atom stereocenters. The summed E-state index contributed by atoms with van der Waals surface area (Å²) in [4.78, 5) is 42.4. The van der Waals surface area contributed by atoms with Gasteiger partial charge in [0.15, 0.2) is 0 Å². The quantitative estimate of drug-likeness (QED) is 0.482. The van der Waals surface area contributed by atoms with E-state index in [0.717, 1.165) is 29.1 Å². The van der Waals surface area contributed by atoms with Crippen molar-refractivity contribution in [2.75, 3.05) is 25.0 Å². The number of nitrogens with zero attached hydrogens (tertiary/aromatic N) is 5. The molecule has 0 radical (unpaired) electrons. The summed E-state index contributed by atoms with van der Waals surface area (Å²) in [7, 11) is 0. The van der Waals surface area contributed by atoms with Gasteiger partial charge in [-0.25, -0.2) is 9.69 Å². The fourth-order valence-corrected chi connectivity index (χ4v) is 5.45. The highest BCUT2D eigenvalue weighted by molar-refractivity contribution is 5.97. The summed E-state index contributed by atoms with van der Waals surface area (Å²) in [6, 6.07) is 6.10. The van der Waals surface area contributed by atoms with Gasteiger partial charge in [-0.3, -0.25) is 14.3 Å². The largest absolute Gasteiger partial charge is 0.465 e. The van der Waals surface area contributed by atoms with Gasteiger partial charge in [0.25, 0.3) is 5.91 Å². The molecule has 1 fully saturated rings. The Morgan fingerprint density at radius 1 is 1.37 bits per heavy atom. The number of imide groups is 1. The Labute approximate surface area is 201 Å². The highest BCUT2D eigenvalue weighted by Crippen LogP contribution is 2.36. The minimum Gasteiger partial charge on any atom is -0.465 e. The third kappa shape index (κ3) is 3.97. The minimum atomic E-state index is -1.26. The van der Waals surface area contributed by atoms with Gasteiger partial charge in [0.1, 0.15) is 11.8 Å². The van der Waals surface area contributed by atoms with Crippen molar-refractivity contribution in [3.8, 4) is 6.01 Å². The maximum atomic E-state index is 13.2. The van der Waals surface area contributed by atoms with E-state index in [1.807, 2.05) is 24.0 Å². The highest BCUT2D eigenvalue weighted by Gasteiger charge is 2.52. The van der Waals surface area contributed by atoms with Gasteiger partial charge in [-0.05, 0) is 55.7 Å². The predicted octanol–water partition coefficient (Wildman–Crippen LogP) is 2.12. The van der Waals surface area contributed by atoms with Crippen LogP contribution in [0.25, 0.3) is 0 Å². The molecule has 0 bridgehead atoms. The van der Waals surface area contributed by atoms with Gasteiger partial charge in [0.05, 0.1) is 12.1 Å². The van der Waals surface area contributed by atoms with Gasteiger partial charge >= 0.3 is 17.9 Å². The first kappa shape index (κ1) is 23.1. The molecular weight excluding hydrogens is 456 g/mol. The number of hydrogen-bond donors (Lipinski definition) is 2. The summed E-state index contributed by atoms with van der Waals surface area (Å²) in [5.41, 5.74) is 1.50. The molecule has 12 heteroatoms. The van der Waals surface area contributed by atoms with Crippen LogP contribution < -0.4 is 10.1 Å². The zero-order chi connectivity index (χ0) is 25.1. The fourth-order valence-electron chi connectivity index (χ4n) is 5.45. The number of amides is 2. The smallest absolute Gasteiger partial charge is 0.415 e. The molecule has 3 aliphatic heterocycles. The summed E-state index contributed by atoms with van der Waals surface area (Å²) in [6.45, 7) is 6.90. The van der Waals surface area contributed by atoms with Crippen molar-refractivity contribution in [3.63, 3.8) is 0 Å². The summed E-state index contributed by atoms with van der Waals surface area (Å²) >= 11 is 0. The number of aromatic nitrogens is 2. The van der Waals surface area contributed by atoms with E-state index in [9.17, 15) is 24.8 Å². The Balaban J connectivity index is 1.43.